The summed E-state index contributed by atoms with van der Waals surface area (Å²) < 4.78 is 61.4. The Hall–Kier alpha value is -7.96. The van der Waals surface area contributed by atoms with Crippen molar-refractivity contribution in [2.24, 2.45) is 7.05 Å². The Kier molecular flexibility index (Phi) is 27.4. The third-order valence-electron chi connectivity index (χ3n) is 16.4. The van der Waals surface area contributed by atoms with Crippen LogP contribution in [0.3, 0.4) is 0 Å². The predicted octanol–water partition coefficient (Wildman–Crippen LogP) is 10.1. The molecule has 2 aromatic carbocycles. The maximum atomic E-state index is 14.1. The van der Waals surface area contributed by atoms with Gasteiger partial charge in [-0.1, -0.05) is 25.3 Å². The number of carboxylic acids is 1. The van der Waals surface area contributed by atoms with Gasteiger partial charge in [0, 0.05) is 70.2 Å². The van der Waals surface area contributed by atoms with Crippen molar-refractivity contribution in [1.82, 2.24) is 14.4 Å². The summed E-state index contributed by atoms with van der Waals surface area (Å²) in [5.41, 5.74) is 3.13. The standard InChI is InChI=1S/C35H48N4O8.C29H40N2O9.CO2/c1-5-17-46-35(42)39-28-22-30(44-18-11-6-7-14-31(40)36-25-20-24(2)37(3)23-25)29(43-4)21-26(28)33(41)38-16-10-8-13-27(38)34(39)47-32-15-9-12-19-45-32;1-3-15-39-29(35)31-22-19-24(37-16-9-4-5-12-25(32)33)23(36-2)18-20(22)27(34)30-14-8-6-11-21(30)28(31)40-26-13-7-10-17-38-26;2-1-3/h5,20-23,27,32,34H,1,6-19H2,2-4H3,(H,36,40);3,18-19,21,26,28H,1,4-17H2,2H3,(H,32,33);/t27-,32?,34?;21-,26?,28?;/m00./s1. The summed E-state index contributed by atoms with van der Waals surface area (Å²) in [5.74, 6) is 0.243. The molecular formula is C65H88N6O19. The molecule has 25 heteroatoms. The van der Waals surface area contributed by atoms with Crippen LogP contribution in [-0.4, -0.2) is 166 Å². The largest absolute Gasteiger partial charge is 0.493 e. The van der Waals surface area contributed by atoms with Crippen LogP contribution in [0.2, 0.25) is 0 Å². The van der Waals surface area contributed by atoms with Crippen molar-refractivity contribution in [2.45, 2.75) is 172 Å². The van der Waals surface area contributed by atoms with Gasteiger partial charge in [-0.15, -0.1) is 0 Å². The van der Waals surface area contributed by atoms with Gasteiger partial charge in [0.15, 0.2) is 48.0 Å². The Morgan fingerprint density at radius 3 is 1.49 bits per heavy atom. The van der Waals surface area contributed by atoms with E-state index in [-0.39, 0.29) is 55.6 Å². The molecule has 4 fully saturated rings. The van der Waals surface area contributed by atoms with Crippen LogP contribution in [0, 0.1) is 6.92 Å². The van der Waals surface area contributed by atoms with Crippen molar-refractivity contribution in [3.8, 4) is 23.0 Å². The summed E-state index contributed by atoms with van der Waals surface area (Å²) in [6, 6.07) is 7.72. The van der Waals surface area contributed by atoms with Gasteiger partial charge in [-0.2, -0.15) is 9.59 Å². The van der Waals surface area contributed by atoms with Gasteiger partial charge in [-0.05, 0) is 141 Å². The van der Waals surface area contributed by atoms with Crippen molar-refractivity contribution in [1.29, 1.82) is 0 Å². The molecule has 6 atom stereocenters. The molecule has 4 unspecified atom stereocenters. The number of aryl methyl sites for hydroxylation is 2. The highest BCUT2D eigenvalue weighted by Gasteiger charge is 2.49. The molecule has 3 aromatic rings. The number of ether oxygens (including phenoxy) is 10. The number of hydrogen-bond donors (Lipinski definition) is 2. The summed E-state index contributed by atoms with van der Waals surface area (Å²) in [4.78, 5) is 101. The maximum Gasteiger partial charge on any atom is 0.416 e. The average molecular weight is 1260 g/mol. The summed E-state index contributed by atoms with van der Waals surface area (Å²) in [6.45, 7) is 12.2. The lowest BCUT2D eigenvalue weighted by atomic mass is 10.00. The van der Waals surface area contributed by atoms with E-state index in [1.54, 1.807) is 29.2 Å². The topological polar surface area (TPSA) is 279 Å². The smallest absolute Gasteiger partial charge is 0.416 e. The molecule has 4 saturated heterocycles. The Labute approximate surface area is 525 Å². The number of carboxylic acid groups (broad SMARTS) is 1. The second kappa shape index (κ2) is 35.4. The molecule has 0 saturated carbocycles. The Morgan fingerprint density at radius 2 is 1.09 bits per heavy atom. The van der Waals surface area contributed by atoms with Gasteiger partial charge in [0.1, 0.15) is 13.2 Å². The van der Waals surface area contributed by atoms with E-state index >= 15 is 0 Å². The summed E-state index contributed by atoms with van der Waals surface area (Å²) in [5, 5.41) is 11.8. The van der Waals surface area contributed by atoms with Gasteiger partial charge in [-0.25, -0.2) is 19.4 Å². The number of aliphatic carboxylic acids is 1. The number of carbonyl (C=O) groups excluding carboxylic acids is 7. The Bertz CT molecular complexity index is 2930. The average Bonchev–Trinajstić information content (AvgIpc) is 1.61. The fourth-order valence-electron chi connectivity index (χ4n) is 11.8. The number of nitrogens with zero attached hydrogens (tertiary/aromatic N) is 5. The number of anilines is 3. The molecule has 0 bridgehead atoms. The minimum absolute atomic E-state index is 0.00215. The highest BCUT2D eigenvalue weighted by atomic mass is 16.7. The first-order chi connectivity index (χ1) is 43.7. The van der Waals surface area contributed by atoms with Crippen LogP contribution in [0.5, 0.6) is 23.0 Å². The first-order valence-corrected chi connectivity index (χ1v) is 31.3. The van der Waals surface area contributed by atoms with Gasteiger partial charge in [0.05, 0.1) is 67.7 Å². The number of rotatable bonds is 25. The van der Waals surface area contributed by atoms with Gasteiger partial charge in [0.2, 0.25) is 5.91 Å². The van der Waals surface area contributed by atoms with Crippen LogP contribution in [0.1, 0.15) is 155 Å². The molecular weight excluding hydrogens is 1170 g/mol. The van der Waals surface area contributed by atoms with E-state index in [9.17, 15) is 28.8 Å². The highest BCUT2D eigenvalue weighted by molar-refractivity contribution is 6.07. The van der Waals surface area contributed by atoms with Crippen LogP contribution >= 0.6 is 0 Å². The number of hydrogen-bond acceptors (Lipinski definition) is 18. The molecule has 6 aliphatic heterocycles. The van der Waals surface area contributed by atoms with Crippen LogP contribution < -0.4 is 34.1 Å². The first kappa shape index (κ1) is 69.5. The van der Waals surface area contributed by atoms with Crippen molar-refractivity contribution < 1.29 is 90.8 Å². The molecule has 0 aliphatic carbocycles. The van der Waals surface area contributed by atoms with Gasteiger partial charge in [-0.3, -0.25) is 19.2 Å². The van der Waals surface area contributed by atoms with E-state index in [2.05, 4.69) is 18.5 Å². The van der Waals surface area contributed by atoms with Gasteiger partial charge in [0.25, 0.3) is 11.8 Å². The number of carbonyl (C=O) groups is 6. The minimum atomic E-state index is -0.830. The van der Waals surface area contributed by atoms with Crippen LogP contribution in [-0.2, 0) is 54.6 Å². The summed E-state index contributed by atoms with van der Waals surface area (Å²) >= 11 is 0. The highest BCUT2D eigenvalue weighted by Crippen LogP contribution is 2.45. The number of piperidine rings is 2. The predicted molar refractivity (Wildman–Crippen MR) is 328 cm³/mol. The van der Waals surface area contributed by atoms with Gasteiger partial charge >= 0.3 is 24.3 Å². The number of fused-ring (bicyclic) bond motifs is 4. The second-order valence-corrected chi connectivity index (χ2v) is 22.6. The quantitative estimate of drug-likeness (QED) is 0.0589. The van der Waals surface area contributed by atoms with Crippen LogP contribution in [0.25, 0.3) is 0 Å². The Balaban J connectivity index is 0.000000248. The third-order valence-corrected chi connectivity index (χ3v) is 16.4. The lowest BCUT2D eigenvalue weighted by Crippen LogP contribution is -2.57. The second-order valence-electron chi connectivity index (χ2n) is 22.6. The first-order valence-electron chi connectivity index (χ1n) is 31.3. The van der Waals surface area contributed by atoms with Gasteiger partial charge < -0.3 is 72.2 Å². The van der Waals surface area contributed by atoms with E-state index in [1.165, 1.54) is 36.2 Å². The third kappa shape index (κ3) is 18.6. The molecule has 25 nitrogen and oxygen atoms in total. The van der Waals surface area contributed by atoms with E-state index in [1.807, 2.05) is 35.7 Å². The lowest BCUT2D eigenvalue weighted by Gasteiger charge is -2.42. The number of amides is 5. The maximum absolute atomic E-state index is 14.1. The molecule has 90 heavy (non-hydrogen) atoms. The van der Waals surface area contributed by atoms with Crippen LogP contribution in [0.15, 0.2) is 61.8 Å². The summed E-state index contributed by atoms with van der Waals surface area (Å²) in [6.07, 6.45) is 15.8. The SMILES string of the molecule is C=CCOC(=O)N1c2cc(OCCCCCC(=O)Nc3cc(C)n(C)c3)c(OC)cc2C(=O)N2CCCC[C@H]2C1OC1CCCCO1.C=CCOC(=O)N1c2cc(OCCCCCC(=O)O)c(OC)cc2C(=O)N2CCCC[C@H]2C1OC1CCCCO1.O=C=O. The Morgan fingerprint density at radius 1 is 0.633 bits per heavy atom. The van der Waals surface area contributed by atoms with Crippen molar-refractivity contribution in [3.63, 3.8) is 0 Å². The van der Waals surface area contributed by atoms with Crippen molar-refractivity contribution >= 4 is 59.1 Å². The number of benzene rings is 2. The molecule has 5 amide bonds. The number of methoxy groups -OCH3 is 2. The molecule has 0 radical (unpaired) electrons. The molecule has 7 heterocycles. The van der Waals surface area contributed by atoms with Crippen LogP contribution in [0.4, 0.5) is 26.7 Å². The van der Waals surface area contributed by atoms with E-state index in [4.69, 9.17) is 62.1 Å². The molecule has 2 N–H and O–H groups in total. The molecule has 6 aliphatic rings. The lowest BCUT2D eigenvalue weighted by molar-refractivity contribution is -0.199. The number of aromatic nitrogens is 1. The normalized spacial score (nSPS) is 21.0. The molecule has 1 aromatic heterocycles. The van der Waals surface area contributed by atoms with Crippen molar-refractivity contribution in [2.75, 3.05) is 82.1 Å². The molecule has 492 valence electrons. The number of nitrogens with one attached hydrogen (secondary N) is 1. The van der Waals surface area contributed by atoms with E-state index in [0.29, 0.717) is 149 Å². The van der Waals surface area contributed by atoms with E-state index < -0.39 is 43.2 Å². The zero-order chi connectivity index (χ0) is 64.5. The monoisotopic (exact) mass is 1260 g/mol. The summed E-state index contributed by atoms with van der Waals surface area (Å²) in [7, 11) is 4.96. The zero-order valence-corrected chi connectivity index (χ0v) is 52.3. The minimum Gasteiger partial charge on any atom is -0.493 e. The fraction of sp³-hybridized carbons (Fsp3) is 0.585. The van der Waals surface area contributed by atoms with E-state index in [0.717, 1.165) is 69.2 Å². The van der Waals surface area contributed by atoms with Crippen molar-refractivity contribution in [3.05, 3.63) is 78.7 Å². The molecule has 0 spiro atoms. The molecule has 9 rings (SSSR count). The number of unbranched alkanes of at least 4 members (excludes halogenated alkanes) is 4. The zero-order valence-electron chi connectivity index (χ0n) is 52.3. The fourth-order valence-corrected chi connectivity index (χ4v) is 11.8.